The molecule has 106 valence electrons. The molecule has 0 aliphatic heterocycles. The second-order valence-electron chi connectivity index (χ2n) is 4.31. The summed E-state index contributed by atoms with van der Waals surface area (Å²) in [5, 5.41) is 3.18. The first kappa shape index (κ1) is 14.5. The molecule has 1 heterocycles. The number of ether oxygens (including phenoxy) is 1. The van der Waals surface area contributed by atoms with Gasteiger partial charge in [0.2, 0.25) is 11.2 Å². The minimum absolute atomic E-state index is 0.119. The normalized spacial score (nSPS) is 11.9. The van der Waals surface area contributed by atoms with Crippen molar-refractivity contribution in [2.75, 3.05) is 11.9 Å². The molecular weight excluding hydrogens is 276 g/mol. The molecule has 1 aromatic carbocycles. The van der Waals surface area contributed by atoms with Crippen LogP contribution in [0.25, 0.3) is 0 Å². The molecule has 1 N–H and O–H groups in total. The molecule has 2 aromatic rings. The SMILES string of the molecule is CCCNc1nc(Cl)nc(OC(C)c2ccccc2)n1. The van der Waals surface area contributed by atoms with Gasteiger partial charge in [-0.2, -0.15) is 15.0 Å². The van der Waals surface area contributed by atoms with Crippen molar-refractivity contribution in [3.8, 4) is 6.01 Å². The van der Waals surface area contributed by atoms with Gasteiger partial charge in [0, 0.05) is 6.54 Å². The molecule has 0 saturated heterocycles. The van der Waals surface area contributed by atoms with Gasteiger partial charge < -0.3 is 10.1 Å². The third-order valence-corrected chi connectivity index (χ3v) is 2.84. The summed E-state index contributed by atoms with van der Waals surface area (Å²) in [6.07, 6.45) is 0.814. The van der Waals surface area contributed by atoms with Gasteiger partial charge in [-0.25, -0.2) is 0 Å². The number of hydrogen-bond acceptors (Lipinski definition) is 5. The Morgan fingerprint density at radius 2 is 1.95 bits per heavy atom. The van der Waals surface area contributed by atoms with E-state index in [9.17, 15) is 0 Å². The number of benzene rings is 1. The highest BCUT2D eigenvalue weighted by molar-refractivity contribution is 6.28. The van der Waals surface area contributed by atoms with Crippen LogP contribution in [0, 0.1) is 0 Å². The summed E-state index contributed by atoms with van der Waals surface area (Å²) in [5.74, 6) is 0.433. The standard InChI is InChI=1S/C14H17ClN4O/c1-3-9-16-13-17-12(15)18-14(19-13)20-10(2)11-7-5-4-6-8-11/h4-8,10H,3,9H2,1-2H3,(H,16,17,18,19). The smallest absolute Gasteiger partial charge is 0.323 e. The Morgan fingerprint density at radius 3 is 2.65 bits per heavy atom. The molecule has 0 amide bonds. The fourth-order valence-corrected chi connectivity index (χ4v) is 1.80. The lowest BCUT2D eigenvalue weighted by atomic mass is 10.1. The third kappa shape index (κ3) is 4.06. The Bertz CT molecular complexity index is 550. The van der Waals surface area contributed by atoms with Crippen LogP contribution >= 0.6 is 11.6 Å². The summed E-state index contributed by atoms with van der Waals surface area (Å²) in [6, 6.07) is 10.1. The highest BCUT2D eigenvalue weighted by Gasteiger charge is 2.11. The monoisotopic (exact) mass is 292 g/mol. The summed E-state index contributed by atoms with van der Waals surface area (Å²) in [4.78, 5) is 12.2. The molecule has 5 nitrogen and oxygen atoms in total. The fraction of sp³-hybridized carbons (Fsp3) is 0.357. The zero-order valence-electron chi connectivity index (χ0n) is 11.5. The summed E-state index contributed by atoms with van der Waals surface area (Å²) in [7, 11) is 0. The van der Waals surface area contributed by atoms with E-state index in [1.54, 1.807) is 0 Å². The maximum absolute atomic E-state index is 5.88. The number of hydrogen-bond donors (Lipinski definition) is 1. The van der Waals surface area contributed by atoms with Gasteiger partial charge in [-0.15, -0.1) is 0 Å². The fourth-order valence-electron chi connectivity index (χ4n) is 1.65. The lowest BCUT2D eigenvalue weighted by molar-refractivity contribution is 0.207. The van der Waals surface area contributed by atoms with Gasteiger partial charge in [0.1, 0.15) is 6.10 Å². The van der Waals surface area contributed by atoms with E-state index < -0.39 is 0 Å². The van der Waals surface area contributed by atoms with Crippen molar-refractivity contribution in [3.05, 3.63) is 41.2 Å². The van der Waals surface area contributed by atoms with Gasteiger partial charge in [-0.1, -0.05) is 37.3 Å². The van der Waals surface area contributed by atoms with Gasteiger partial charge in [-0.3, -0.25) is 0 Å². The molecule has 1 unspecified atom stereocenters. The Balaban J connectivity index is 2.10. The van der Waals surface area contributed by atoms with E-state index in [1.807, 2.05) is 37.3 Å². The van der Waals surface area contributed by atoms with Crippen molar-refractivity contribution in [2.45, 2.75) is 26.4 Å². The average Bonchev–Trinajstić information content (AvgIpc) is 2.45. The first-order valence-electron chi connectivity index (χ1n) is 6.56. The van der Waals surface area contributed by atoms with Gasteiger partial charge >= 0.3 is 6.01 Å². The second kappa shape index (κ2) is 7.05. The molecule has 0 spiro atoms. The number of rotatable bonds is 6. The number of nitrogens with one attached hydrogen (secondary N) is 1. The third-order valence-electron chi connectivity index (χ3n) is 2.67. The Kier molecular flexibility index (Phi) is 5.12. The zero-order valence-corrected chi connectivity index (χ0v) is 12.3. The van der Waals surface area contributed by atoms with Crippen molar-refractivity contribution < 1.29 is 4.74 Å². The molecule has 0 saturated carbocycles. The van der Waals surface area contributed by atoms with Crippen molar-refractivity contribution in [3.63, 3.8) is 0 Å². The lowest BCUT2D eigenvalue weighted by Gasteiger charge is -2.14. The molecule has 0 aliphatic rings. The van der Waals surface area contributed by atoms with E-state index in [-0.39, 0.29) is 17.4 Å². The number of aromatic nitrogens is 3. The van der Waals surface area contributed by atoms with Gasteiger partial charge in [0.15, 0.2) is 0 Å². The van der Waals surface area contributed by atoms with Crippen molar-refractivity contribution >= 4 is 17.5 Å². The number of nitrogens with zero attached hydrogens (tertiary/aromatic N) is 3. The van der Waals surface area contributed by atoms with Gasteiger partial charge in [0.05, 0.1) is 0 Å². The predicted molar refractivity (Wildman–Crippen MR) is 79.1 cm³/mol. The maximum Gasteiger partial charge on any atom is 0.323 e. The molecule has 0 fully saturated rings. The van der Waals surface area contributed by atoms with E-state index in [4.69, 9.17) is 16.3 Å². The molecule has 1 aromatic heterocycles. The minimum Gasteiger partial charge on any atom is -0.455 e. The second-order valence-corrected chi connectivity index (χ2v) is 4.65. The first-order chi connectivity index (χ1) is 9.69. The quantitative estimate of drug-likeness (QED) is 0.883. The van der Waals surface area contributed by atoms with Crippen LogP contribution < -0.4 is 10.1 Å². The van der Waals surface area contributed by atoms with Crippen LogP contribution in [0.2, 0.25) is 5.28 Å². The van der Waals surface area contributed by atoms with E-state index in [0.29, 0.717) is 5.95 Å². The Labute approximate surface area is 123 Å². The molecular formula is C14H17ClN4O. The predicted octanol–water partition coefficient (Wildman–Crippen LogP) is 3.49. The van der Waals surface area contributed by atoms with Crippen LogP contribution in [0.1, 0.15) is 31.9 Å². The summed E-state index contributed by atoms with van der Waals surface area (Å²) < 4.78 is 5.72. The highest BCUT2D eigenvalue weighted by atomic mass is 35.5. The van der Waals surface area contributed by atoms with E-state index in [1.165, 1.54) is 0 Å². The Morgan fingerprint density at radius 1 is 1.20 bits per heavy atom. The molecule has 1 atom stereocenters. The number of halogens is 1. The molecule has 0 aliphatic carbocycles. The minimum atomic E-state index is -0.159. The van der Waals surface area contributed by atoms with Crippen LogP contribution in [-0.4, -0.2) is 21.5 Å². The van der Waals surface area contributed by atoms with E-state index >= 15 is 0 Å². The van der Waals surface area contributed by atoms with Crippen LogP contribution in [0.5, 0.6) is 6.01 Å². The van der Waals surface area contributed by atoms with E-state index in [2.05, 4.69) is 27.2 Å². The molecule has 0 bridgehead atoms. The maximum atomic E-state index is 5.88. The van der Waals surface area contributed by atoms with Crippen LogP contribution in [-0.2, 0) is 0 Å². The average molecular weight is 293 g/mol. The zero-order chi connectivity index (χ0) is 14.4. The Hall–Kier alpha value is -1.88. The summed E-state index contributed by atoms with van der Waals surface area (Å²) >= 11 is 5.88. The van der Waals surface area contributed by atoms with Crippen molar-refractivity contribution in [2.24, 2.45) is 0 Å². The van der Waals surface area contributed by atoms with Crippen molar-refractivity contribution in [1.29, 1.82) is 0 Å². The van der Waals surface area contributed by atoms with Crippen molar-refractivity contribution in [1.82, 2.24) is 15.0 Å². The topological polar surface area (TPSA) is 59.9 Å². The largest absolute Gasteiger partial charge is 0.455 e. The summed E-state index contributed by atoms with van der Waals surface area (Å²) in [5.41, 5.74) is 1.05. The van der Waals surface area contributed by atoms with Gasteiger partial charge in [0.25, 0.3) is 0 Å². The highest BCUT2D eigenvalue weighted by Crippen LogP contribution is 2.20. The van der Waals surface area contributed by atoms with E-state index in [0.717, 1.165) is 18.5 Å². The van der Waals surface area contributed by atoms with Crippen LogP contribution in [0.15, 0.2) is 30.3 Å². The van der Waals surface area contributed by atoms with Gasteiger partial charge in [-0.05, 0) is 30.5 Å². The van der Waals surface area contributed by atoms with Crippen LogP contribution in [0.4, 0.5) is 5.95 Å². The molecule has 2 rings (SSSR count). The molecule has 6 heteroatoms. The summed E-state index contributed by atoms with van der Waals surface area (Å²) in [6.45, 7) is 4.77. The lowest BCUT2D eigenvalue weighted by Crippen LogP contribution is -2.10. The number of anilines is 1. The molecule has 0 radical (unpaired) electrons. The van der Waals surface area contributed by atoms with Crippen LogP contribution in [0.3, 0.4) is 0 Å². The molecule has 20 heavy (non-hydrogen) atoms. The first-order valence-corrected chi connectivity index (χ1v) is 6.94.